The van der Waals surface area contributed by atoms with Gasteiger partial charge >= 0.3 is 0 Å². The van der Waals surface area contributed by atoms with Gasteiger partial charge in [-0.2, -0.15) is 5.10 Å². The van der Waals surface area contributed by atoms with Gasteiger partial charge in [0.25, 0.3) is 0 Å². The van der Waals surface area contributed by atoms with Crippen molar-refractivity contribution in [3.63, 3.8) is 0 Å². The Labute approximate surface area is 163 Å². The molecule has 6 nitrogen and oxygen atoms in total. The number of benzene rings is 1. The second kappa shape index (κ2) is 6.10. The van der Waals surface area contributed by atoms with Gasteiger partial charge < -0.3 is 0 Å². The molecule has 0 saturated carbocycles. The van der Waals surface area contributed by atoms with Crippen molar-refractivity contribution in [2.45, 2.75) is 26.3 Å². The van der Waals surface area contributed by atoms with Gasteiger partial charge in [0.1, 0.15) is 0 Å². The molecule has 1 saturated heterocycles. The van der Waals surface area contributed by atoms with Gasteiger partial charge in [0, 0.05) is 22.5 Å². The van der Waals surface area contributed by atoms with E-state index >= 15 is 0 Å². The van der Waals surface area contributed by atoms with Crippen molar-refractivity contribution in [2.24, 2.45) is 0 Å². The van der Waals surface area contributed by atoms with Crippen molar-refractivity contribution < 1.29 is 8.42 Å². The minimum absolute atomic E-state index is 0.131. The lowest BCUT2D eigenvalue weighted by atomic mass is 10.0. The molecule has 142 valence electrons. The van der Waals surface area contributed by atoms with Gasteiger partial charge in [-0.25, -0.2) is 18.1 Å². The van der Waals surface area contributed by atoms with Crippen LogP contribution in [0.5, 0.6) is 0 Å². The summed E-state index contributed by atoms with van der Waals surface area (Å²) in [6.45, 7) is 4.01. The highest BCUT2D eigenvalue weighted by Gasteiger charge is 2.31. The summed E-state index contributed by atoms with van der Waals surface area (Å²) in [5, 5.41) is 6.72. The number of nitrogens with zero attached hydrogens (tertiary/aromatic N) is 4. The minimum atomic E-state index is -3.00. The highest BCUT2D eigenvalue weighted by Crippen LogP contribution is 2.33. The molecule has 0 amide bonds. The van der Waals surface area contributed by atoms with Crippen molar-refractivity contribution in [3.8, 4) is 11.3 Å². The van der Waals surface area contributed by atoms with Crippen molar-refractivity contribution >= 4 is 31.8 Å². The van der Waals surface area contributed by atoms with E-state index < -0.39 is 9.84 Å². The fourth-order valence-corrected chi connectivity index (χ4v) is 5.91. The van der Waals surface area contributed by atoms with Crippen LogP contribution in [0.4, 0.5) is 0 Å². The Hall–Kier alpha value is -2.80. The van der Waals surface area contributed by atoms with Crippen LogP contribution in [-0.2, 0) is 9.84 Å². The number of pyridine rings is 2. The molecule has 5 rings (SSSR count). The average Bonchev–Trinajstić information content (AvgIpc) is 3.20. The number of hydrogen-bond acceptors (Lipinski definition) is 5. The summed E-state index contributed by atoms with van der Waals surface area (Å²) in [6, 6.07) is 11.9. The maximum absolute atomic E-state index is 12.0. The Morgan fingerprint density at radius 1 is 1.14 bits per heavy atom. The van der Waals surface area contributed by atoms with Crippen molar-refractivity contribution in [2.75, 3.05) is 11.5 Å². The van der Waals surface area contributed by atoms with Crippen LogP contribution >= 0.6 is 0 Å². The van der Waals surface area contributed by atoms with E-state index in [-0.39, 0.29) is 17.5 Å². The number of rotatable bonds is 2. The molecule has 1 fully saturated rings. The fourth-order valence-electron chi connectivity index (χ4n) is 4.22. The monoisotopic (exact) mass is 392 g/mol. The summed E-state index contributed by atoms with van der Waals surface area (Å²) in [7, 11) is -3.00. The van der Waals surface area contributed by atoms with E-state index in [0.717, 1.165) is 44.5 Å². The fraction of sp³-hybridized carbons (Fsp3) is 0.286. The Morgan fingerprint density at radius 3 is 2.79 bits per heavy atom. The quantitative estimate of drug-likeness (QED) is 0.521. The molecule has 1 atom stereocenters. The van der Waals surface area contributed by atoms with E-state index in [4.69, 9.17) is 4.98 Å². The first-order valence-corrected chi connectivity index (χ1v) is 11.2. The molecule has 1 unspecified atom stereocenters. The summed E-state index contributed by atoms with van der Waals surface area (Å²) in [5.74, 6) is 0.345. The van der Waals surface area contributed by atoms with Crippen LogP contribution in [0.1, 0.15) is 23.7 Å². The number of fused-ring (bicyclic) bond motifs is 2. The molecule has 0 radical (unpaired) electrons. The van der Waals surface area contributed by atoms with Crippen LogP contribution in [0.15, 0.2) is 42.6 Å². The van der Waals surface area contributed by atoms with E-state index in [1.807, 2.05) is 41.9 Å². The molecule has 7 heteroatoms. The number of aromatic nitrogens is 4. The number of aryl methyl sites for hydroxylation is 2. The molecule has 28 heavy (non-hydrogen) atoms. The van der Waals surface area contributed by atoms with Crippen LogP contribution < -0.4 is 0 Å². The summed E-state index contributed by atoms with van der Waals surface area (Å²) < 4.78 is 25.8. The molecule has 1 aliphatic heterocycles. The number of hydrogen-bond donors (Lipinski definition) is 0. The number of sulfone groups is 1. The Morgan fingerprint density at radius 2 is 2.00 bits per heavy atom. The standard InChI is InChI=1S/C21H20N4O2S/c1-13-11-19(17-5-3-7-18-16(17)6-4-9-22-18)23-21-20(13)14(2)24-25(21)15-8-10-28(26,27)12-15/h3-7,9,11,15H,8,10,12H2,1-2H3. The third-order valence-electron chi connectivity index (χ3n) is 5.51. The van der Waals surface area contributed by atoms with Gasteiger partial charge in [-0.1, -0.05) is 18.2 Å². The third-order valence-corrected chi connectivity index (χ3v) is 7.26. The van der Waals surface area contributed by atoms with E-state index in [0.29, 0.717) is 6.42 Å². The van der Waals surface area contributed by atoms with E-state index in [2.05, 4.69) is 23.1 Å². The maximum atomic E-state index is 12.0. The molecule has 1 aromatic carbocycles. The Bertz CT molecular complexity index is 1340. The van der Waals surface area contributed by atoms with Crippen LogP contribution in [0.3, 0.4) is 0 Å². The summed E-state index contributed by atoms with van der Waals surface area (Å²) in [6.07, 6.45) is 2.37. The van der Waals surface area contributed by atoms with Gasteiger partial charge in [0.15, 0.2) is 15.5 Å². The van der Waals surface area contributed by atoms with Gasteiger partial charge in [0.2, 0.25) is 0 Å². The molecule has 0 spiro atoms. The van der Waals surface area contributed by atoms with Crippen molar-refractivity contribution in [1.82, 2.24) is 19.7 Å². The Kier molecular flexibility index (Phi) is 3.77. The molecule has 4 aromatic rings. The SMILES string of the molecule is Cc1cc(-c2cccc3ncccc23)nc2c1c(C)nn2C1CCS(=O)(=O)C1. The third kappa shape index (κ3) is 2.69. The molecule has 3 aromatic heterocycles. The van der Waals surface area contributed by atoms with Crippen molar-refractivity contribution in [1.29, 1.82) is 0 Å². The van der Waals surface area contributed by atoms with Gasteiger partial charge in [-0.05, 0) is 44.0 Å². The zero-order chi connectivity index (χ0) is 19.5. The first-order chi connectivity index (χ1) is 13.4. The average molecular weight is 392 g/mol. The molecule has 4 heterocycles. The highest BCUT2D eigenvalue weighted by molar-refractivity contribution is 7.91. The first kappa shape index (κ1) is 17.3. The second-order valence-electron chi connectivity index (χ2n) is 7.49. The van der Waals surface area contributed by atoms with E-state index in [1.165, 1.54) is 0 Å². The van der Waals surface area contributed by atoms with E-state index in [1.54, 1.807) is 6.20 Å². The van der Waals surface area contributed by atoms with Gasteiger partial charge in [0.05, 0.1) is 34.5 Å². The normalized spacial score (nSPS) is 18.9. The second-order valence-corrected chi connectivity index (χ2v) is 9.71. The smallest absolute Gasteiger partial charge is 0.159 e. The minimum Gasteiger partial charge on any atom is -0.256 e. The zero-order valence-electron chi connectivity index (χ0n) is 15.8. The predicted octanol–water partition coefficient (Wildman–Crippen LogP) is 3.62. The topological polar surface area (TPSA) is 77.7 Å². The van der Waals surface area contributed by atoms with Crippen LogP contribution in [0.2, 0.25) is 0 Å². The lowest BCUT2D eigenvalue weighted by Crippen LogP contribution is -2.13. The molecule has 0 aliphatic carbocycles. The lowest BCUT2D eigenvalue weighted by molar-refractivity contribution is 0.509. The molecule has 0 N–H and O–H groups in total. The van der Waals surface area contributed by atoms with Gasteiger partial charge in [-0.3, -0.25) is 4.98 Å². The predicted molar refractivity (Wildman–Crippen MR) is 110 cm³/mol. The summed E-state index contributed by atoms with van der Waals surface area (Å²) >= 11 is 0. The van der Waals surface area contributed by atoms with Crippen LogP contribution in [0.25, 0.3) is 33.2 Å². The first-order valence-electron chi connectivity index (χ1n) is 9.34. The summed E-state index contributed by atoms with van der Waals surface area (Å²) in [5.41, 5.74) is 5.52. The van der Waals surface area contributed by atoms with Crippen LogP contribution in [-0.4, -0.2) is 39.7 Å². The molecular weight excluding hydrogens is 372 g/mol. The highest BCUT2D eigenvalue weighted by atomic mass is 32.2. The van der Waals surface area contributed by atoms with Crippen LogP contribution in [0, 0.1) is 13.8 Å². The Balaban J connectivity index is 1.75. The maximum Gasteiger partial charge on any atom is 0.159 e. The van der Waals surface area contributed by atoms with E-state index in [9.17, 15) is 8.42 Å². The van der Waals surface area contributed by atoms with Crippen molar-refractivity contribution in [3.05, 3.63) is 53.9 Å². The zero-order valence-corrected chi connectivity index (χ0v) is 16.6. The molecule has 1 aliphatic rings. The summed E-state index contributed by atoms with van der Waals surface area (Å²) in [4.78, 5) is 9.39. The lowest BCUT2D eigenvalue weighted by Gasteiger charge is -2.12. The molecule has 0 bridgehead atoms. The molecular formula is C21H20N4O2S. The largest absolute Gasteiger partial charge is 0.256 e. The van der Waals surface area contributed by atoms with Gasteiger partial charge in [-0.15, -0.1) is 0 Å².